The Kier molecular flexibility index (Phi) is 6.33. The summed E-state index contributed by atoms with van der Waals surface area (Å²) in [6.07, 6.45) is 7.09. The van der Waals surface area contributed by atoms with Gasteiger partial charge in [0.05, 0.1) is 18.4 Å². The van der Waals surface area contributed by atoms with Crippen molar-refractivity contribution in [3.05, 3.63) is 55.6 Å². The third-order valence-corrected chi connectivity index (χ3v) is 7.16. The molecule has 0 spiro atoms. The molecule has 2 aliphatic rings. The van der Waals surface area contributed by atoms with Gasteiger partial charge < -0.3 is 15.0 Å². The zero-order chi connectivity index (χ0) is 18.6. The number of thiazole rings is 1. The molecule has 1 aliphatic heterocycles. The van der Waals surface area contributed by atoms with Gasteiger partial charge >= 0.3 is 4.87 Å². The maximum atomic E-state index is 11.6. The molecule has 1 saturated carbocycles. The fraction of sp³-hybridized carbons (Fsp3) is 0.571. The normalized spacial score (nSPS) is 28.9. The number of benzene rings is 1. The van der Waals surface area contributed by atoms with E-state index in [9.17, 15) is 4.79 Å². The van der Waals surface area contributed by atoms with Crippen molar-refractivity contribution in [2.45, 2.75) is 62.5 Å². The van der Waals surface area contributed by atoms with Crippen molar-refractivity contribution in [2.75, 3.05) is 13.2 Å². The van der Waals surface area contributed by atoms with Crippen LogP contribution >= 0.6 is 22.9 Å². The molecule has 0 radical (unpaired) electrons. The van der Waals surface area contributed by atoms with E-state index < -0.39 is 0 Å². The van der Waals surface area contributed by atoms with Gasteiger partial charge in [0.1, 0.15) is 4.34 Å². The fourth-order valence-corrected chi connectivity index (χ4v) is 5.59. The van der Waals surface area contributed by atoms with Gasteiger partial charge in [0, 0.05) is 12.0 Å². The number of H-pyrrole nitrogens is 1. The maximum Gasteiger partial charge on any atom is 0.306 e. The van der Waals surface area contributed by atoms with Crippen molar-refractivity contribution in [2.24, 2.45) is 0 Å². The Morgan fingerprint density at radius 1 is 1.11 bits per heavy atom. The summed E-state index contributed by atoms with van der Waals surface area (Å²) in [5.74, 6) is 0.896. The van der Waals surface area contributed by atoms with Gasteiger partial charge in [0.25, 0.3) is 0 Å². The first-order valence-corrected chi connectivity index (χ1v) is 11.2. The van der Waals surface area contributed by atoms with Crippen molar-refractivity contribution in [1.82, 2.24) is 10.3 Å². The van der Waals surface area contributed by atoms with Crippen LogP contribution in [0.5, 0.6) is 0 Å². The third kappa shape index (κ3) is 4.65. The number of aromatic amines is 1. The molecule has 2 fully saturated rings. The molecule has 2 atom stereocenters. The smallest absolute Gasteiger partial charge is 0.306 e. The monoisotopic (exact) mass is 406 g/mol. The lowest BCUT2D eigenvalue weighted by Crippen LogP contribution is -2.44. The Labute approximate surface area is 169 Å². The van der Waals surface area contributed by atoms with Crippen molar-refractivity contribution in [3.63, 3.8) is 0 Å². The second kappa shape index (κ2) is 8.91. The molecule has 1 saturated heterocycles. The number of piperidine rings is 1. The van der Waals surface area contributed by atoms with E-state index in [1.165, 1.54) is 18.4 Å². The van der Waals surface area contributed by atoms with Gasteiger partial charge in [-0.2, -0.15) is 0 Å². The second-order valence-corrected chi connectivity index (χ2v) is 9.31. The highest BCUT2D eigenvalue weighted by Gasteiger charge is 2.31. The summed E-state index contributed by atoms with van der Waals surface area (Å²) in [6, 6.07) is 11.0. The summed E-state index contributed by atoms with van der Waals surface area (Å²) in [4.78, 5) is 14.5. The van der Waals surface area contributed by atoms with Gasteiger partial charge in [-0.25, -0.2) is 0 Å². The Bertz CT molecular complexity index is 783. The molecular weight excluding hydrogens is 380 g/mol. The summed E-state index contributed by atoms with van der Waals surface area (Å²) in [5, 5.41) is 3.58. The van der Waals surface area contributed by atoms with Crippen LogP contribution in [0.3, 0.4) is 0 Å². The number of hydrogen-bond acceptors (Lipinski definition) is 4. The van der Waals surface area contributed by atoms with Crippen LogP contribution < -0.4 is 10.2 Å². The van der Waals surface area contributed by atoms with Gasteiger partial charge in [0.15, 0.2) is 0 Å². The molecule has 0 bridgehead atoms. The fourth-order valence-electron chi connectivity index (χ4n) is 4.56. The number of hydrogen-bond donors (Lipinski definition) is 2. The Morgan fingerprint density at radius 2 is 1.89 bits per heavy atom. The van der Waals surface area contributed by atoms with E-state index in [1.807, 2.05) is 0 Å². The number of ether oxygens (including phenoxy) is 1. The van der Waals surface area contributed by atoms with E-state index in [0.717, 1.165) is 49.3 Å². The molecule has 1 aliphatic carbocycles. The molecule has 2 heterocycles. The molecule has 4 nitrogen and oxygen atoms in total. The van der Waals surface area contributed by atoms with Gasteiger partial charge in [-0.1, -0.05) is 53.3 Å². The van der Waals surface area contributed by atoms with E-state index in [2.05, 4.69) is 40.6 Å². The zero-order valence-corrected chi connectivity index (χ0v) is 17.0. The van der Waals surface area contributed by atoms with Crippen molar-refractivity contribution < 1.29 is 4.74 Å². The summed E-state index contributed by atoms with van der Waals surface area (Å²) in [7, 11) is 0. The first-order chi connectivity index (χ1) is 13.2. The lowest BCUT2D eigenvalue weighted by Gasteiger charge is -2.35. The number of halogens is 1. The van der Waals surface area contributed by atoms with Crippen LogP contribution in [0.4, 0.5) is 0 Å². The van der Waals surface area contributed by atoms with Crippen LogP contribution in [-0.2, 0) is 4.74 Å². The van der Waals surface area contributed by atoms with E-state index in [0.29, 0.717) is 23.0 Å². The topological polar surface area (TPSA) is 54.1 Å². The summed E-state index contributed by atoms with van der Waals surface area (Å²) in [5.41, 5.74) is 2.35. The third-order valence-electron chi connectivity index (χ3n) is 6.04. The summed E-state index contributed by atoms with van der Waals surface area (Å²) >= 11 is 7.38. The van der Waals surface area contributed by atoms with Crippen LogP contribution in [0.15, 0.2) is 35.1 Å². The quantitative estimate of drug-likeness (QED) is 0.758. The number of rotatable bonds is 5. The van der Waals surface area contributed by atoms with Crippen LogP contribution in [0.1, 0.15) is 61.6 Å². The van der Waals surface area contributed by atoms with E-state index in [-0.39, 0.29) is 16.8 Å². The minimum atomic E-state index is -0.0699. The highest BCUT2D eigenvalue weighted by atomic mass is 35.5. The van der Waals surface area contributed by atoms with Gasteiger partial charge in [-0.3, -0.25) is 4.79 Å². The average molecular weight is 407 g/mol. The van der Waals surface area contributed by atoms with Crippen molar-refractivity contribution >= 4 is 22.9 Å². The van der Waals surface area contributed by atoms with Gasteiger partial charge in [-0.15, -0.1) is 0 Å². The number of nitrogens with one attached hydrogen (secondary N) is 2. The number of aromatic nitrogens is 1. The molecule has 6 heteroatoms. The maximum absolute atomic E-state index is 11.6. The van der Waals surface area contributed by atoms with Crippen LogP contribution in [0.2, 0.25) is 4.34 Å². The molecule has 2 aromatic rings. The molecule has 2 unspecified atom stereocenters. The summed E-state index contributed by atoms with van der Waals surface area (Å²) in [6.45, 7) is 1.68. The van der Waals surface area contributed by atoms with Gasteiger partial charge in [-0.05, 0) is 56.6 Å². The minimum Gasteiger partial charge on any atom is -0.377 e. The van der Waals surface area contributed by atoms with E-state index in [1.54, 1.807) is 0 Å². The predicted octanol–water partition coefficient (Wildman–Crippen LogP) is 4.67. The summed E-state index contributed by atoms with van der Waals surface area (Å²) < 4.78 is 6.91. The average Bonchev–Trinajstić information content (AvgIpc) is 3.05. The standard InChI is InChI=1S/C21H27ClN2O2S/c22-20-19(24-21(25)27-20)17-7-4-12-23-18(17)13-26-16-10-8-15(9-11-16)14-5-2-1-3-6-14/h1-3,5-6,15-18,23H,4,7-13H2,(H,24,25). The van der Waals surface area contributed by atoms with Gasteiger partial charge in [0.2, 0.25) is 0 Å². The SMILES string of the molecule is O=c1[nH]c(C2CCCNC2COC2CCC(c3ccccc3)CC2)c(Cl)s1. The molecule has 0 amide bonds. The lowest BCUT2D eigenvalue weighted by molar-refractivity contribution is 0.00547. The Morgan fingerprint density at radius 3 is 2.59 bits per heavy atom. The molecule has 2 N–H and O–H groups in total. The highest BCUT2D eigenvalue weighted by Crippen LogP contribution is 2.36. The van der Waals surface area contributed by atoms with E-state index in [4.69, 9.17) is 16.3 Å². The molecular formula is C21H27ClN2O2S. The lowest BCUT2D eigenvalue weighted by atomic mass is 9.82. The largest absolute Gasteiger partial charge is 0.377 e. The Balaban J connectivity index is 1.31. The van der Waals surface area contributed by atoms with Crippen LogP contribution in [0.25, 0.3) is 0 Å². The predicted molar refractivity (Wildman–Crippen MR) is 111 cm³/mol. The van der Waals surface area contributed by atoms with Crippen LogP contribution in [0, 0.1) is 0 Å². The first-order valence-electron chi connectivity index (χ1n) is 9.99. The van der Waals surface area contributed by atoms with Crippen molar-refractivity contribution in [3.8, 4) is 0 Å². The molecule has 4 rings (SSSR count). The Hall–Kier alpha value is -1.14. The molecule has 1 aromatic carbocycles. The highest BCUT2D eigenvalue weighted by molar-refractivity contribution is 7.13. The molecule has 146 valence electrons. The minimum absolute atomic E-state index is 0.0699. The van der Waals surface area contributed by atoms with Crippen molar-refractivity contribution in [1.29, 1.82) is 0 Å². The molecule has 1 aromatic heterocycles. The molecule has 27 heavy (non-hydrogen) atoms. The zero-order valence-electron chi connectivity index (χ0n) is 15.5. The second-order valence-electron chi connectivity index (χ2n) is 7.73. The first kappa shape index (κ1) is 19.2. The van der Waals surface area contributed by atoms with Crippen LogP contribution in [-0.4, -0.2) is 30.3 Å². The van der Waals surface area contributed by atoms with E-state index >= 15 is 0 Å².